The van der Waals surface area contributed by atoms with Gasteiger partial charge in [0.25, 0.3) is 0 Å². The summed E-state index contributed by atoms with van der Waals surface area (Å²) in [6, 6.07) is 8.86. The van der Waals surface area contributed by atoms with Crippen LogP contribution in [0.5, 0.6) is 0 Å². The van der Waals surface area contributed by atoms with Crippen LogP contribution in [-0.4, -0.2) is 59.8 Å². The lowest BCUT2D eigenvalue weighted by Crippen LogP contribution is -2.56. The molecule has 1 aliphatic carbocycles. The molecule has 1 aromatic rings. The number of nitrogens with zero attached hydrogens (tertiary/aromatic N) is 2. The van der Waals surface area contributed by atoms with Gasteiger partial charge in [0.1, 0.15) is 0 Å². The number of hydrogen-bond donors (Lipinski definition) is 1. The van der Waals surface area contributed by atoms with Crippen LogP contribution in [0.3, 0.4) is 0 Å². The van der Waals surface area contributed by atoms with Crippen LogP contribution in [0, 0.1) is 18.8 Å². The summed E-state index contributed by atoms with van der Waals surface area (Å²) in [6.07, 6.45) is 12.6. The van der Waals surface area contributed by atoms with Crippen molar-refractivity contribution in [3.63, 3.8) is 0 Å². The molecule has 3 fully saturated rings. The molecule has 29 heavy (non-hydrogen) atoms. The molecule has 3 aliphatic rings. The van der Waals surface area contributed by atoms with E-state index in [0.717, 1.165) is 19.5 Å². The van der Waals surface area contributed by atoms with E-state index in [1.807, 2.05) is 0 Å². The van der Waals surface area contributed by atoms with Crippen molar-refractivity contribution in [1.29, 1.82) is 0 Å². The quantitative estimate of drug-likeness (QED) is 0.755. The number of aliphatic hydroxyl groups is 1. The van der Waals surface area contributed by atoms with Gasteiger partial charge in [-0.3, -0.25) is 0 Å². The molecule has 2 saturated heterocycles. The lowest BCUT2D eigenvalue weighted by Gasteiger charge is -2.49. The van der Waals surface area contributed by atoms with E-state index in [0.29, 0.717) is 11.8 Å². The molecule has 4 rings (SSSR count). The van der Waals surface area contributed by atoms with Gasteiger partial charge in [0.2, 0.25) is 0 Å². The molecule has 2 aliphatic heterocycles. The highest BCUT2D eigenvalue weighted by molar-refractivity contribution is 5.24. The van der Waals surface area contributed by atoms with Crippen LogP contribution in [0.2, 0.25) is 0 Å². The topological polar surface area (TPSA) is 26.7 Å². The van der Waals surface area contributed by atoms with Gasteiger partial charge in [-0.15, -0.1) is 0 Å². The minimum absolute atomic E-state index is 0.407. The molecule has 0 amide bonds. The summed E-state index contributed by atoms with van der Waals surface area (Å²) in [5, 5.41) is 12.3. The van der Waals surface area contributed by atoms with E-state index in [4.69, 9.17) is 0 Å². The number of piperidine rings is 2. The van der Waals surface area contributed by atoms with Gasteiger partial charge < -0.3 is 14.9 Å². The predicted octanol–water partition coefficient (Wildman–Crippen LogP) is 4.66. The highest BCUT2D eigenvalue weighted by atomic mass is 16.3. The summed E-state index contributed by atoms with van der Waals surface area (Å²) in [7, 11) is 0. The van der Waals surface area contributed by atoms with Gasteiger partial charge in [-0.1, -0.05) is 49.1 Å². The van der Waals surface area contributed by atoms with Crippen molar-refractivity contribution in [3.8, 4) is 0 Å². The average Bonchev–Trinajstić information content (AvgIpc) is 2.73. The first-order valence-corrected chi connectivity index (χ1v) is 12.4. The molecule has 2 atom stereocenters. The molecule has 1 saturated carbocycles. The molecule has 3 heteroatoms. The Morgan fingerprint density at radius 2 is 1.38 bits per heavy atom. The number of benzene rings is 1. The summed E-state index contributed by atoms with van der Waals surface area (Å²) >= 11 is 0. The van der Waals surface area contributed by atoms with E-state index in [1.165, 1.54) is 95.1 Å². The summed E-state index contributed by atoms with van der Waals surface area (Å²) in [4.78, 5) is 5.30. The van der Waals surface area contributed by atoms with Crippen molar-refractivity contribution < 1.29 is 5.11 Å². The lowest BCUT2D eigenvalue weighted by molar-refractivity contribution is -0.112. The molecule has 0 radical (unpaired) electrons. The van der Waals surface area contributed by atoms with Crippen molar-refractivity contribution in [1.82, 2.24) is 9.80 Å². The Kier molecular flexibility index (Phi) is 7.31. The van der Waals surface area contributed by atoms with Crippen molar-refractivity contribution in [3.05, 3.63) is 35.4 Å². The maximum atomic E-state index is 12.3. The Bertz CT molecular complexity index is 605. The molecule has 3 nitrogen and oxygen atoms in total. The number of likely N-dealkylation sites (tertiary alicyclic amines) is 2. The normalized spacial score (nSPS) is 32.3. The smallest absolute Gasteiger partial charge is 0.0768 e. The summed E-state index contributed by atoms with van der Waals surface area (Å²) in [5.41, 5.74) is 2.06. The maximum Gasteiger partial charge on any atom is 0.0768 e. The third kappa shape index (κ3) is 5.42. The Balaban J connectivity index is 1.54. The SMILES string of the molecule is Cc1cccc(CC2(O)C(CN3CCCCC3)CCCC2CN2CCCCC2)c1. The molecule has 1 N–H and O–H groups in total. The van der Waals surface area contributed by atoms with E-state index in [9.17, 15) is 5.11 Å². The number of rotatable bonds is 6. The zero-order chi connectivity index (χ0) is 20.1. The largest absolute Gasteiger partial charge is 0.389 e. The first-order chi connectivity index (χ1) is 14.1. The zero-order valence-electron chi connectivity index (χ0n) is 18.6. The van der Waals surface area contributed by atoms with Gasteiger partial charge in [-0.05, 0) is 77.2 Å². The molecular weight excluding hydrogens is 356 g/mol. The van der Waals surface area contributed by atoms with Crippen LogP contribution in [0.1, 0.15) is 68.9 Å². The standard InChI is InChI=1S/C26H42N2O/c1-22-10-8-11-23(18-22)19-26(29)24(20-27-14-4-2-5-15-27)12-9-13-25(26)21-28-16-6-3-7-17-28/h8,10-11,18,24-25,29H,2-7,9,12-17,19-21H2,1H3. The van der Waals surface area contributed by atoms with Crippen LogP contribution in [0.4, 0.5) is 0 Å². The highest BCUT2D eigenvalue weighted by Gasteiger charge is 2.47. The third-order valence-corrected chi connectivity index (χ3v) is 7.94. The second-order valence-electron chi connectivity index (χ2n) is 10.2. The van der Waals surface area contributed by atoms with Crippen molar-refractivity contribution >= 4 is 0 Å². The van der Waals surface area contributed by atoms with Gasteiger partial charge in [0.05, 0.1) is 5.60 Å². The van der Waals surface area contributed by atoms with Gasteiger partial charge in [-0.2, -0.15) is 0 Å². The minimum Gasteiger partial charge on any atom is -0.389 e. The van der Waals surface area contributed by atoms with Crippen molar-refractivity contribution in [2.45, 2.75) is 76.7 Å². The predicted molar refractivity (Wildman–Crippen MR) is 121 cm³/mol. The Morgan fingerprint density at radius 1 is 0.828 bits per heavy atom. The fourth-order valence-corrected chi connectivity index (χ4v) is 6.29. The van der Waals surface area contributed by atoms with Gasteiger partial charge >= 0.3 is 0 Å². The molecule has 2 heterocycles. The van der Waals surface area contributed by atoms with Gasteiger partial charge in [-0.25, -0.2) is 0 Å². The molecule has 162 valence electrons. The first-order valence-electron chi connectivity index (χ1n) is 12.4. The zero-order valence-corrected chi connectivity index (χ0v) is 18.6. The fourth-order valence-electron chi connectivity index (χ4n) is 6.29. The Labute approximate surface area is 178 Å². The Morgan fingerprint density at radius 3 is 1.90 bits per heavy atom. The summed E-state index contributed by atoms with van der Waals surface area (Å²) < 4.78 is 0. The third-order valence-electron chi connectivity index (χ3n) is 7.94. The summed E-state index contributed by atoms with van der Waals surface area (Å²) in [5.74, 6) is 0.814. The van der Waals surface area contributed by atoms with E-state index in [2.05, 4.69) is 41.0 Å². The average molecular weight is 399 g/mol. The van der Waals surface area contributed by atoms with Crippen molar-refractivity contribution in [2.24, 2.45) is 11.8 Å². The fraction of sp³-hybridized carbons (Fsp3) is 0.769. The highest BCUT2D eigenvalue weighted by Crippen LogP contribution is 2.42. The minimum atomic E-state index is -0.569. The molecule has 0 spiro atoms. The van der Waals surface area contributed by atoms with E-state index in [1.54, 1.807) is 0 Å². The summed E-state index contributed by atoms with van der Waals surface area (Å²) in [6.45, 7) is 9.28. The monoisotopic (exact) mass is 398 g/mol. The lowest BCUT2D eigenvalue weighted by atomic mass is 9.65. The molecule has 0 bridgehead atoms. The van der Waals surface area contributed by atoms with Crippen LogP contribution in [-0.2, 0) is 6.42 Å². The molecular formula is C26H42N2O. The number of hydrogen-bond acceptors (Lipinski definition) is 3. The molecule has 2 unspecified atom stereocenters. The van der Waals surface area contributed by atoms with Crippen LogP contribution >= 0.6 is 0 Å². The second-order valence-corrected chi connectivity index (χ2v) is 10.2. The Hall–Kier alpha value is -0.900. The van der Waals surface area contributed by atoms with E-state index >= 15 is 0 Å². The first kappa shape index (κ1) is 21.3. The van der Waals surface area contributed by atoms with E-state index < -0.39 is 5.60 Å². The van der Waals surface area contributed by atoms with Crippen LogP contribution in [0.25, 0.3) is 0 Å². The molecule has 1 aromatic carbocycles. The molecule has 0 aromatic heterocycles. The van der Waals surface area contributed by atoms with Crippen molar-refractivity contribution in [2.75, 3.05) is 39.3 Å². The second kappa shape index (κ2) is 9.94. The van der Waals surface area contributed by atoms with Gasteiger partial charge in [0.15, 0.2) is 0 Å². The maximum absolute atomic E-state index is 12.3. The van der Waals surface area contributed by atoms with Crippen LogP contribution < -0.4 is 0 Å². The number of aryl methyl sites for hydroxylation is 1. The van der Waals surface area contributed by atoms with E-state index in [-0.39, 0.29) is 0 Å². The van der Waals surface area contributed by atoms with Crippen LogP contribution in [0.15, 0.2) is 24.3 Å². The van der Waals surface area contributed by atoms with Gasteiger partial charge in [0, 0.05) is 31.3 Å².